The third-order valence-corrected chi connectivity index (χ3v) is 2.21. The lowest BCUT2D eigenvalue weighted by Crippen LogP contribution is -2.22. The predicted octanol–water partition coefficient (Wildman–Crippen LogP) is -6.56. The first-order valence-electron chi connectivity index (χ1n) is 6.70. The number of anilines is 2. The Kier molecular flexibility index (Phi) is 13.9. The van der Waals surface area contributed by atoms with E-state index < -0.39 is 5.56 Å². The zero-order valence-corrected chi connectivity index (χ0v) is 15.7. The van der Waals surface area contributed by atoms with Crippen molar-refractivity contribution >= 4 is 23.7 Å². The summed E-state index contributed by atoms with van der Waals surface area (Å²) in [4.78, 5) is 15.5. The van der Waals surface area contributed by atoms with Crippen molar-refractivity contribution in [1.29, 1.82) is 0 Å². The second kappa shape index (κ2) is 13.8. The van der Waals surface area contributed by atoms with Gasteiger partial charge in [-0.3, -0.25) is 9.78 Å². The molecule has 1 aromatic rings. The van der Waals surface area contributed by atoms with E-state index in [-0.39, 0.29) is 51.2 Å². The molecule has 0 saturated carbocycles. The highest BCUT2D eigenvalue weighted by Gasteiger charge is 1.97. The molecule has 17 nitrogen and oxygen atoms in total. The molecule has 0 radical (unpaired) electrons. The van der Waals surface area contributed by atoms with Crippen LogP contribution in [-0.4, -0.2) is 9.97 Å². The van der Waals surface area contributed by atoms with Gasteiger partial charge in [0.25, 0.3) is 5.56 Å². The summed E-state index contributed by atoms with van der Waals surface area (Å²) in [6.45, 7) is 0. The fourth-order valence-electron chi connectivity index (χ4n) is 0.514. The molecule has 1 rings (SSSR count). The summed E-state index contributed by atoms with van der Waals surface area (Å²) in [5, 5.41) is 0. The molecule has 0 aliphatic heterocycles. The molecule has 30 N–H and O–H groups in total. The first-order chi connectivity index (χ1) is 12.5. The molecular formula is C10H30N16OS. The number of aromatic nitrogens is 2. The lowest BCUT2D eigenvalue weighted by molar-refractivity contribution is 1.09. The van der Waals surface area contributed by atoms with E-state index in [1.165, 1.54) is 0 Å². The summed E-state index contributed by atoms with van der Waals surface area (Å²) in [5.74, 6) is -0.00579. The van der Waals surface area contributed by atoms with Crippen LogP contribution in [0.25, 0.3) is 0 Å². The van der Waals surface area contributed by atoms with Gasteiger partial charge < -0.3 is 85.3 Å². The van der Waals surface area contributed by atoms with Crippen LogP contribution in [0.5, 0.6) is 0 Å². The number of rotatable bonds is 0. The van der Waals surface area contributed by atoms with Gasteiger partial charge in [-0.2, -0.15) is 0 Å². The maximum Gasteiger partial charge on any atom is 0.277 e. The molecule has 0 fully saturated rings. The van der Waals surface area contributed by atoms with Crippen molar-refractivity contribution in [3.05, 3.63) is 50.1 Å². The van der Waals surface area contributed by atoms with Gasteiger partial charge in [0.15, 0.2) is 4.77 Å². The highest BCUT2D eigenvalue weighted by atomic mass is 32.1. The maximum absolute atomic E-state index is 10.7. The average molecular weight is 423 g/mol. The van der Waals surface area contributed by atoms with Gasteiger partial charge in [0.1, 0.15) is 46.4 Å². The Morgan fingerprint density at radius 3 is 1.00 bits per heavy atom. The fourth-order valence-corrected chi connectivity index (χ4v) is 0.716. The predicted molar refractivity (Wildman–Crippen MR) is 112 cm³/mol. The molecule has 0 unspecified atom stereocenters. The Bertz CT molecular complexity index is 711. The normalized spacial score (nSPS) is 8.14. The average Bonchev–Trinajstić information content (AvgIpc) is 2.53. The monoisotopic (exact) mass is 422 g/mol. The third kappa shape index (κ3) is 16.4. The quantitative estimate of drug-likeness (QED) is 0.172. The molecule has 0 spiro atoms. The second-order valence-corrected chi connectivity index (χ2v) is 4.88. The summed E-state index contributed by atoms with van der Waals surface area (Å²) < 4.78 is 0.178. The molecular weight excluding hydrogens is 392 g/mol. The van der Waals surface area contributed by atoms with Crippen LogP contribution < -0.4 is 85.8 Å². The molecule has 0 aliphatic rings. The molecule has 0 aromatic carbocycles. The van der Waals surface area contributed by atoms with E-state index in [2.05, 4.69) is 22.2 Å². The van der Waals surface area contributed by atoms with Crippen molar-refractivity contribution in [2.45, 2.75) is 0 Å². The number of H-pyrrole nitrogens is 2. The van der Waals surface area contributed by atoms with Gasteiger partial charge in [-0.15, -0.1) is 0 Å². The molecule has 18 heteroatoms. The highest BCUT2D eigenvalue weighted by molar-refractivity contribution is 7.71. The smallest absolute Gasteiger partial charge is 0.277 e. The van der Waals surface area contributed by atoms with Crippen molar-refractivity contribution in [2.75, 3.05) is 11.5 Å². The number of hydrogen-bond donors (Lipinski definition) is 16. The first kappa shape index (κ1) is 28.3. The first-order valence-corrected chi connectivity index (χ1v) is 7.11. The van der Waals surface area contributed by atoms with E-state index in [4.69, 9.17) is 80.3 Å². The number of hydrogen-bond acceptors (Lipinski definition) is 16. The van der Waals surface area contributed by atoms with Crippen LogP contribution in [0.15, 0.2) is 39.7 Å². The molecule has 1 aromatic heterocycles. The van der Waals surface area contributed by atoms with E-state index in [1.54, 1.807) is 0 Å². The summed E-state index contributed by atoms with van der Waals surface area (Å²) >= 11 is 4.60. The fraction of sp³-hybridized carbons (Fsp3) is 0. The Morgan fingerprint density at radius 2 is 0.821 bits per heavy atom. The Morgan fingerprint density at radius 1 is 0.571 bits per heavy atom. The van der Waals surface area contributed by atoms with Crippen LogP contribution in [-0.2, 0) is 0 Å². The Balaban J connectivity index is -0.000000309. The molecule has 1 heterocycles. The summed E-state index contributed by atoms with van der Waals surface area (Å²) in [5.41, 5.74) is 68.1. The van der Waals surface area contributed by atoms with Gasteiger partial charge in [-0.25, -0.2) is 0 Å². The van der Waals surface area contributed by atoms with Gasteiger partial charge in [0.2, 0.25) is 0 Å². The van der Waals surface area contributed by atoms with Crippen molar-refractivity contribution in [3.63, 3.8) is 0 Å². The van der Waals surface area contributed by atoms with E-state index in [9.17, 15) is 4.79 Å². The number of nitrogens with two attached hydrogens (primary N) is 14. The van der Waals surface area contributed by atoms with E-state index >= 15 is 0 Å². The number of nitrogens with one attached hydrogen (secondary N) is 2. The zero-order chi connectivity index (χ0) is 23.2. The molecule has 162 valence electrons. The molecule has 28 heavy (non-hydrogen) atoms. The minimum Gasteiger partial charge on any atom is -0.391 e. The van der Waals surface area contributed by atoms with Crippen LogP contribution in [0, 0.1) is 4.77 Å². The van der Waals surface area contributed by atoms with E-state index in [0.29, 0.717) is 0 Å². The summed E-state index contributed by atoms with van der Waals surface area (Å²) in [6.07, 6.45) is 0. The standard InChI is InChI=1S/C4H6N4OS.3C2H8N4/c5-1-2(6)7-4(10)8-3(1)9;3*3-1(4)2(5)6/h5H2,(H4,6,7,8,9,10);3*3-6H2. The van der Waals surface area contributed by atoms with Crippen LogP contribution in [0.2, 0.25) is 0 Å². The lowest BCUT2D eigenvalue weighted by Gasteiger charge is -1.95. The molecule has 0 amide bonds. The van der Waals surface area contributed by atoms with Crippen LogP contribution in [0.3, 0.4) is 0 Å². The molecule has 0 aliphatic carbocycles. The largest absolute Gasteiger partial charge is 0.391 e. The Labute approximate surface area is 164 Å². The van der Waals surface area contributed by atoms with Crippen molar-refractivity contribution in [1.82, 2.24) is 9.97 Å². The SMILES string of the molecule is NC(N)=C(N)N.NC(N)=C(N)N.NC(N)=C(N)N.Nc1[nH]c(=S)[nH]c(=O)c1N. The van der Waals surface area contributed by atoms with Crippen molar-refractivity contribution in [2.24, 2.45) is 68.8 Å². The molecule has 0 saturated heterocycles. The van der Waals surface area contributed by atoms with Gasteiger partial charge in [-0.1, -0.05) is 0 Å². The maximum atomic E-state index is 10.7. The van der Waals surface area contributed by atoms with Gasteiger partial charge in [0.05, 0.1) is 0 Å². The molecule has 0 atom stereocenters. The minimum absolute atomic E-state index is 0.0185. The number of nitrogen functional groups attached to an aromatic ring is 2. The van der Waals surface area contributed by atoms with Gasteiger partial charge in [0, 0.05) is 0 Å². The van der Waals surface area contributed by atoms with Crippen LogP contribution in [0.1, 0.15) is 0 Å². The second-order valence-electron chi connectivity index (χ2n) is 4.47. The zero-order valence-electron chi connectivity index (χ0n) is 14.9. The summed E-state index contributed by atoms with van der Waals surface area (Å²) in [6, 6.07) is 0. The van der Waals surface area contributed by atoms with Crippen LogP contribution in [0.4, 0.5) is 11.5 Å². The van der Waals surface area contributed by atoms with Gasteiger partial charge in [-0.05, 0) is 12.2 Å². The van der Waals surface area contributed by atoms with Crippen molar-refractivity contribution < 1.29 is 0 Å². The Hall–Kier alpha value is -4.48. The van der Waals surface area contributed by atoms with Crippen LogP contribution >= 0.6 is 12.2 Å². The lowest BCUT2D eigenvalue weighted by atomic mass is 10.5. The topological polar surface area (TPSA) is 413 Å². The van der Waals surface area contributed by atoms with E-state index in [1.807, 2.05) is 0 Å². The summed E-state index contributed by atoms with van der Waals surface area (Å²) in [7, 11) is 0. The van der Waals surface area contributed by atoms with Gasteiger partial charge >= 0.3 is 0 Å². The van der Waals surface area contributed by atoms with E-state index in [0.717, 1.165) is 0 Å². The molecule has 0 bridgehead atoms. The van der Waals surface area contributed by atoms with Crippen molar-refractivity contribution in [3.8, 4) is 0 Å². The number of aromatic amines is 2. The highest BCUT2D eigenvalue weighted by Crippen LogP contribution is 1.99. The minimum atomic E-state index is -0.457. The third-order valence-electron chi connectivity index (χ3n) is 2.01.